The van der Waals surface area contributed by atoms with Crippen LogP contribution in [-0.4, -0.2) is 45.4 Å². The smallest absolute Gasteiger partial charge is 0.306 e. The van der Waals surface area contributed by atoms with Crippen molar-refractivity contribution in [3.63, 3.8) is 0 Å². The normalized spacial score (nSPS) is 23.1. The molecule has 1 aromatic rings. The molecule has 0 saturated heterocycles. The predicted molar refractivity (Wildman–Crippen MR) is 72.2 cm³/mol. The summed E-state index contributed by atoms with van der Waals surface area (Å²) in [5, 5.41) is 28.7. The molecule has 0 aliphatic carbocycles. The Hall–Kier alpha value is -1.79. The van der Waals surface area contributed by atoms with Gasteiger partial charge in [-0.05, 0) is 25.1 Å². The third kappa shape index (κ3) is 3.02. The van der Waals surface area contributed by atoms with Crippen LogP contribution in [-0.2, 0) is 9.53 Å². The van der Waals surface area contributed by atoms with Crippen molar-refractivity contribution < 1.29 is 24.9 Å². The maximum Gasteiger partial charge on any atom is 0.306 e. The molecule has 1 aliphatic rings. The number of hydrogen-bond donors (Lipinski definition) is 3. The Balaban J connectivity index is 2.26. The number of phenolic OH excluding ortho intramolecular Hbond substituents is 1. The minimum atomic E-state index is -1.15. The fraction of sp³-hybridized carbons (Fsp3) is 0.385. The van der Waals surface area contributed by atoms with Crippen LogP contribution in [0.4, 0.5) is 0 Å². The van der Waals surface area contributed by atoms with Crippen LogP contribution in [0.25, 0.3) is 0 Å². The van der Waals surface area contributed by atoms with E-state index < -0.39 is 30.6 Å². The molecular formula is C13H14ClNO5. The van der Waals surface area contributed by atoms with E-state index in [-0.39, 0.29) is 11.6 Å². The number of carboxylic acids is 1. The lowest BCUT2D eigenvalue weighted by Crippen LogP contribution is -2.33. The van der Waals surface area contributed by atoms with E-state index in [1.807, 2.05) is 0 Å². The number of rotatable bonds is 4. The van der Waals surface area contributed by atoms with Gasteiger partial charge in [0.2, 0.25) is 5.90 Å². The van der Waals surface area contributed by atoms with Crippen molar-refractivity contribution in [3.05, 3.63) is 28.8 Å². The molecule has 0 fully saturated rings. The molecule has 7 heteroatoms. The highest BCUT2D eigenvalue weighted by molar-refractivity contribution is 6.31. The Morgan fingerprint density at radius 3 is 2.90 bits per heavy atom. The van der Waals surface area contributed by atoms with E-state index in [9.17, 15) is 15.0 Å². The van der Waals surface area contributed by atoms with Crippen molar-refractivity contribution in [1.82, 2.24) is 0 Å². The number of aliphatic carboxylic acids is 1. The number of carboxylic acid groups (broad SMARTS) is 1. The number of carbonyl (C=O) groups is 1. The lowest BCUT2D eigenvalue weighted by Gasteiger charge is -2.17. The summed E-state index contributed by atoms with van der Waals surface area (Å²) >= 11 is 5.85. The molecular weight excluding hydrogens is 286 g/mol. The van der Waals surface area contributed by atoms with Crippen LogP contribution in [0.1, 0.15) is 18.9 Å². The highest BCUT2D eigenvalue weighted by Gasteiger charge is 2.35. The van der Waals surface area contributed by atoms with E-state index in [0.29, 0.717) is 10.6 Å². The second-order valence-corrected chi connectivity index (χ2v) is 5.01. The van der Waals surface area contributed by atoms with Gasteiger partial charge in [-0.25, -0.2) is 4.99 Å². The first-order valence-electron chi connectivity index (χ1n) is 6.01. The fourth-order valence-corrected chi connectivity index (χ4v) is 2.20. The number of aliphatic imine (C=N–C) groups is 1. The molecule has 0 aromatic heterocycles. The third-order valence-corrected chi connectivity index (χ3v) is 3.25. The number of hydrogen-bond acceptors (Lipinski definition) is 5. The molecule has 1 aromatic carbocycles. The lowest BCUT2D eigenvalue weighted by molar-refractivity contribution is -0.139. The quantitative estimate of drug-likeness (QED) is 0.781. The van der Waals surface area contributed by atoms with Crippen molar-refractivity contribution in [2.24, 2.45) is 4.99 Å². The average molecular weight is 300 g/mol. The maximum absolute atomic E-state index is 10.6. The summed E-state index contributed by atoms with van der Waals surface area (Å²) in [7, 11) is 0. The van der Waals surface area contributed by atoms with Gasteiger partial charge in [0.25, 0.3) is 0 Å². The minimum absolute atomic E-state index is 0.0475. The number of ether oxygens (including phenoxy) is 1. The summed E-state index contributed by atoms with van der Waals surface area (Å²) in [5.41, 5.74) is 0.314. The molecule has 1 heterocycles. The molecule has 108 valence electrons. The number of aliphatic hydroxyl groups is 1. The van der Waals surface area contributed by atoms with Gasteiger partial charge in [0.05, 0.1) is 18.1 Å². The van der Waals surface area contributed by atoms with E-state index in [1.54, 1.807) is 6.92 Å². The van der Waals surface area contributed by atoms with E-state index in [2.05, 4.69) is 4.99 Å². The molecule has 2 rings (SSSR count). The average Bonchev–Trinajstić information content (AvgIpc) is 2.73. The lowest BCUT2D eigenvalue weighted by atomic mass is 10.0. The summed E-state index contributed by atoms with van der Waals surface area (Å²) in [6.07, 6.45) is -2.06. The SMILES string of the molecule is C[C@@H]1OC(c2cc(Cl)ccc2O)=N[C@H]1[C@H](O)CC(=O)O. The molecule has 0 saturated carbocycles. The van der Waals surface area contributed by atoms with Gasteiger partial charge < -0.3 is 20.1 Å². The van der Waals surface area contributed by atoms with Crippen LogP contribution in [0.15, 0.2) is 23.2 Å². The van der Waals surface area contributed by atoms with Crippen LogP contribution < -0.4 is 0 Å². The summed E-state index contributed by atoms with van der Waals surface area (Å²) in [6.45, 7) is 1.67. The van der Waals surface area contributed by atoms with Crippen molar-refractivity contribution in [2.75, 3.05) is 0 Å². The van der Waals surface area contributed by atoms with Gasteiger partial charge in [0.1, 0.15) is 17.9 Å². The first-order chi connectivity index (χ1) is 9.38. The molecule has 0 unspecified atom stereocenters. The molecule has 3 atom stereocenters. The van der Waals surface area contributed by atoms with Crippen LogP contribution in [0.3, 0.4) is 0 Å². The Labute approximate surface area is 120 Å². The van der Waals surface area contributed by atoms with Crippen molar-refractivity contribution in [2.45, 2.75) is 31.6 Å². The Kier molecular flexibility index (Phi) is 4.15. The van der Waals surface area contributed by atoms with Gasteiger partial charge in [-0.3, -0.25) is 4.79 Å². The summed E-state index contributed by atoms with van der Waals surface area (Å²) in [6, 6.07) is 3.74. The number of aliphatic hydroxyl groups excluding tert-OH is 1. The van der Waals surface area contributed by atoms with Gasteiger partial charge in [0.15, 0.2) is 0 Å². The summed E-state index contributed by atoms with van der Waals surface area (Å²) in [5.74, 6) is -1.01. The maximum atomic E-state index is 10.6. The van der Waals surface area contributed by atoms with Crippen LogP contribution in [0.2, 0.25) is 5.02 Å². The first kappa shape index (κ1) is 14.6. The Morgan fingerprint density at radius 1 is 1.55 bits per heavy atom. The highest BCUT2D eigenvalue weighted by Crippen LogP contribution is 2.28. The zero-order valence-electron chi connectivity index (χ0n) is 10.7. The number of halogens is 1. The van der Waals surface area contributed by atoms with E-state index in [4.69, 9.17) is 21.4 Å². The number of benzene rings is 1. The predicted octanol–water partition coefficient (Wildman–Crippen LogP) is 1.42. The molecule has 1 aliphatic heterocycles. The molecule has 20 heavy (non-hydrogen) atoms. The summed E-state index contributed by atoms with van der Waals surface area (Å²) in [4.78, 5) is 14.8. The highest BCUT2D eigenvalue weighted by atomic mass is 35.5. The van der Waals surface area contributed by atoms with Gasteiger partial charge in [0, 0.05) is 5.02 Å². The third-order valence-electron chi connectivity index (χ3n) is 3.01. The topological polar surface area (TPSA) is 99.4 Å². The van der Waals surface area contributed by atoms with E-state index in [0.717, 1.165) is 0 Å². The van der Waals surface area contributed by atoms with E-state index in [1.165, 1.54) is 18.2 Å². The Morgan fingerprint density at radius 2 is 2.25 bits per heavy atom. The largest absolute Gasteiger partial charge is 0.507 e. The van der Waals surface area contributed by atoms with Crippen molar-refractivity contribution in [3.8, 4) is 5.75 Å². The van der Waals surface area contributed by atoms with Gasteiger partial charge in [-0.2, -0.15) is 0 Å². The minimum Gasteiger partial charge on any atom is -0.507 e. The molecule has 0 amide bonds. The number of nitrogens with zero attached hydrogens (tertiary/aromatic N) is 1. The number of phenols is 1. The molecule has 3 N–H and O–H groups in total. The molecule has 6 nitrogen and oxygen atoms in total. The molecule has 0 radical (unpaired) electrons. The van der Waals surface area contributed by atoms with E-state index >= 15 is 0 Å². The van der Waals surface area contributed by atoms with Crippen molar-refractivity contribution in [1.29, 1.82) is 0 Å². The summed E-state index contributed by atoms with van der Waals surface area (Å²) < 4.78 is 5.48. The zero-order valence-corrected chi connectivity index (χ0v) is 11.4. The fourth-order valence-electron chi connectivity index (χ4n) is 2.03. The van der Waals surface area contributed by atoms with Gasteiger partial charge in [-0.1, -0.05) is 11.6 Å². The van der Waals surface area contributed by atoms with Crippen LogP contribution in [0, 0.1) is 0 Å². The standard InChI is InChI=1S/C13H14ClNO5/c1-6-12(10(17)5-11(18)19)15-13(20-6)8-4-7(14)2-3-9(8)16/h2-4,6,10,12,16-17H,5H2,1H3,(H,18,19)/t6-,10+,12+/m0/s1. The van der Waals surface area contributed by atoms with Gasteiger partial charge >= 0.3 is 5.97 Å². The molecule has 0 spiro atoms. The van der Waals surface area contributed by atoms with Gasteiger partial charge in [-0.15, -0.1) is 0 Å². The first-order valence-corrected chi connectivity index (χ1v) is 6.39. The second kappa shape index (κ2) is 5.68. The Bertz CT molecular complexity index is 560. The van der Waals surface area contributed by atoms with Crippen molar-refractivity contribution >= 4 is 23.5 Å². The van der Waals surface area contributed by atoms with Crippen LogP contribution >= 0.6 is 11.6 Å². The second-order valence-electron chi connectivity index (χ2n) is 4.57. The van der Waals surface area contributed by atoms with Crippen LogP contribution in [0.5, 0.6) is 5.75 Å². The number of aromatic hydroxyl groups is 1. The monoisotopic (exact) mass is 299 g/mol. The zero-order chi connectivity index (χ0) is 14.9. The molecule has 0 bridgehead atoms.